The van der Waals surface area contributed by atoms with E-state index in [-0.39, 0.29) is 5.69 Å². The Morgan fingerprint density at radius 1 is 1.43 bits per heavy atom. The number of rotatable bonds is 2. The summed E-state index contributed by atoms with van der Waals surface area (Å²) in [4.78, 5) is 13.9. The number of aryl methyl sites for hydroxylation is 1. The predicted octanol–water partition coefficient (Wildman–Crippen LogP) is 1.23. The average Bonchev–Trinajstić information content (AvgIpc) is 2.47. The van der Waals surface area contributed by atoms with Crippen molar-refractivity contribution in [2.75, 3.05) is 0 Å². The zero-order valence-corrected chi connectivity index (χ0v) is 8.62. The second-order valence-corrected chi connectivity index (χ2v) is 4.21. The Balaban J connectivity index is 1.99. The molecule has 4 nitrogen and oxygen atoms in total. The van der Waals surface area contributed by atoms with Crippen molar-refractivity contribution < 1.29 is 0 Å². The highest BCUT2D eigenvalue weighted by molar-refractivity contribution is 4.85. The van der Waals surface area contributed by atoms with Gasteiger partial charge in [0, 0.05) is 13.5 Å². The number of nitrogens with one attached hydrogen (secondary N) is 1. The van der Waals surface area contributed by atoms with Crippen LogP contribution in [0.5, 0.6) is 0 Å². The van der Waals surface area contributed by atoms with Crippen LogP contribution in [0, 0.1) is 5.92 Å². The first-order valence-corrected chi connectivity index (χ1v) is 5.38. The molecule has 0 bridgehead atoms. The third kappa shape index (κ3) is 2.05. The second kappa shape index (κ2) is 3.98. The molecule has 0 radical (unpaired) electrons. The largest absolute Gasteiger partial charge is 0.342 e. The zero-order chi connectivity index (χ0) is 9.97. The van der Waals surface area contributed by atoms with Crippen molar-refractivity contribution in [1.82, 2.24) is 14.8 Å². The van der Waals surface area contributed by atoms with E-state index in [0.29, 0.717) is 0 Å². The van der Waals surface area contributed by atoms with Gasteiger partial charge >= 0.3 is 5.69 Å². The summed E-state index contributed by atoms with van der Waals surface area (Å²) in [7, 11) is 1.68. The first-order valence-electron chi connectivity index (χ1n) is 5.38. The summed E-state index contributed by atoms with van der Waals surface area (Å²) >= 11 is 0. The van der Waals surface area contributed by atoms with Crippen LogP contribution in [0.3, 0.4) is 0 Å². The van der Waals surface area contributed by atoms with E-state index in [1.807, 2.05) is 0 Å². The average molecular weight is 195 g/mol. The molecule has 78 valence electrons. The van der Waals surface area contributed by atoms with Crippen LogP contribution in [0.15, 0.2) is 4.79 Å². The topological polar surface area (TPSA) is 50.7 Å². The number of hydrogen-bond donors (Lipinski definition) is 1. The number of H-pyrrole nitrogens is 1. The monoisotopic (exact) mass is 195 g/mol. The van der Waals surface area contributed by atoms with E-state index in [2.05, 4.69) is 10.1 Å². The zero-order valence-electron chi connectivity index (χ0n) is 8.62. The number of aromatic nitrogens is 3. The molecule has 0 saturated heterocycles. The summed E-state index contributed by atoms with van der Waals surface area (Å²) in [5, 5.41) is 4.15. The van der Waals surface area contributed by atoms with Gasteiger partial charge in [-0.05, 0) is 5.92 Å². The first-order chi connectivity index (χ1) is 6.75. The third-order valence-electron chi connectivity index (χ3n) is 3.02. The lowest BCUT2D eigenvalue weighted by molar-refractivity contribution is 0.351. The molecular formula is C10H17N3O. The lowest BCUT2D eigenvalue weighted by Crippen LogP contribution is -2.13. The van der Waals surface area contributed by atoms with Crippen LogP contribution < -0.4 is 5.69 Å². The fourth-order valence-corrected chi connectivity index (χ4v) is 2.21. The predicted molar refractivity (Wildman–Crippen MR) is 54.1 cm³/mol. The highest BCUT2D eigenvalue weighted by Crippen LogP contribution is 2.25. The summed E-state index contributed by atoms with van der Waals surface area (Å²) < 4.78 is 1.37. The molecule has 1 aliphatic rings. The van der Waals surface area contributed by atoms with Crippen molar-refractivity contribution in [3.8, 4) is 0 Å². The fourth-order valence-electron chi connectivity index (χ4n) is 2.21. The van der Waals surface area contributed by atoms with Gasteiger partial charge in [0.15, 0.2) is 0 Å². The SMILES string of the molecule is Cn1nc(CC2CCCCC2)[nH]c1=O. The van der Waals surface area contributed by atoms with E-state index in [9.17, 15) is 4.79 Å². The van der Waals surface area contributed by atoms with Gasteiger partial charge in [-0.1, -0.05) is 32.1 Å². The summed E-state index contributed by atoms with van der Waals surface area (Å²) in [6.45, 7) is 0. The van der Waals surface area contributed by atoms with E-state index in [4.69, 9.17) is 0 Å². The summed E-state index contributed by atoms with van der Waals surface area (Å²) in [5.74, 6) is 1.58. The minimum Gasteiger partial charge on any atom is -0.293 e. The Bertz CT molecular complexity index is 346. The van der Waals surface area contributed by atoms with Gasteiger partial charge in [0.2, 0.25) is 0 Å². The maximum Gasteiger partial charge on any atom is 0.342 e. The Labute approximate surface area is 83.3 Å². The molecule has 0 aromatic carbocycles. The standard InChI is InChI=1S/C10H17N3O/c1-13-10(14)11-9(12-13)7-8-5-3-2-4-6-8/h8H,2-7H2,1H3,(H,11,12,14). The van der Waals surface area contributed by atoms with Crippen LogP contribution in [0.4, 0.5) is 0 Å². The van der Waals surface area contributed by atoms with Gasteiger partial charge in [-0.15, -0.1) is 0 Å². The summed E-state index contributed by atoms with van der Waals surface area (Å²) in [5.41, 5.74) is -0.101. The normalized spacial score (nSPS) is 18.6. The number of aromatic amines is 1. The van der Waals surface area contributed by atoms with Crippen LogP contribution in [0.1, 0.15) is 37.9 Å². The highest BCUT2D eigenvalue weighted by Gasteiger charge is 2.15. The molecular weight excluding hydrogens is 178 g/mol. The van der Waals surface area contributed by atoms with Gasteiger partial charge in [-0.25, -0.2) is 9.48 Å². The lowest BCUT2D eigenvalue weighted by atomic mass is 9.87. The Kier molecular flexibility index (Phi) is 2.70. The van der Waals surface area contributed by atoms with Crippen LogP contribution in [-0.4, -0.2) is 14.8 Å². The van der Waals surface area contributed by atoms with E-state index in [1.165, 1.54) is 36.8 Å². The maximum absolute atomic E-state index is 11.1. The highest BCUT2D eigenvalue weighted by atomic mass is 16.1. The summed E-state index contributed by atoms with van der Waals surface area (Å²) in [6.07, 6.45) is 7.56. The number of hydrogen-bond acceptors (Lipinski definition) is 2. The molecule has 1 aliphatic carbocycles. The molecule has 2 rings (SSSR count). The lowest BCUT2D eigenvalue weighted by Gasteiger charge is -2.19. The molecule has 1 aromatic rings. The van der Waals surface area contributed by atoms with Gasteiger partial charge in [0.1, 0.15) is 5.82 Å². The molecule has 1 N–H and O–H groups in total. The van der Waals surface area contributed by atoms with Crippen molar-refractivity contribution >= 4 is 0 Å². The van der Waals surface area contributed by atoms with Crippen LogP contribution in [-0.2, 0) is 13.5 Å². The quantitative estimate of drug-likeness (QED) is 0.771. The third-order valence-corrected chi connectivity index (χ3v) is 3.02. The van der Waals surface area contributed by atoms with Crippen LogP contribution in [0.2, 0.25) is 0 Å². The molecule has 0 aliphatic heterocycles. The van der Waals surface area contributed by atoms with Crippen molar-refractivity contribution in [3.05, 3.63) is 16.3 Å². The molecule has 14 heavy (non-hydrogen) atoms. The molecule has 0 amide bonds. The Hall–Kier alpha value is -1.06. The molecule has 1 fully saturated rings. The number of nitrogens with zero attached hydrogens (tertiary/aromatic N) is 2. The van der Waals surface area contributed by atoms with Crippen molar-refractivity contribution in [1.29, 1.82) is 0 Å². The molecule has 0 atom stereocenters. The first kappa shape index (κ1) is 9.49. The van der Waals surface area contributed by atoms with Crippen LogP contribution in [0.25, 0.3) is 0 Å². The minimum atomic E-state index is -0.101. The van der Waals surface area contributed by atoms with Crippen molar-refractivity contribution in [2.24, 2.45) is 13.0 Å². The van der Waals surface area contributed by atoms with E-state index < -0.39 is 0 Å². The molecule has 0 unspecified atom stereocenters. The molecule has 1 heterocycles. The minimum absolute atomic E-state index is 0.101. The van der Waals surface area contributed by atoms with Gasteiger partial charge in [0.05, 0.1) is 0 Å². The molecule has 4 heteroatoms. The molecule has 1 saturated carbocycles. The Morgan fingerprint density at radius 3 is 2.71 bits per heavy atom. The van der Waals surface area contributed by atoms with E-state index in [0.717, 1.165) is 18.2 Å². The maximum atomic E-state index is 11.1. The fraction of sp³-hybridized carbons (Fsp3) is 0.800. The van der Waals surface area contributed by atoms with Gasteiger partial charge in [-0.2, -0.15) is 5.10 Å². The van der Waals surface area contributed by atoms with E-state index >= 15 is 0 Å². The van der Waals surface area contributed by atoms with Gasteiger partial charge in [-0.3, -0.25) is 4.98 Å². The van der Waals surface area contributed by atoms with Crippen LogP contribution >= 0.6 is 0 Å². The van der Waals surface area contributed by atoms with Crippen molar-refractivity contribution in [2.45, 2.75) is 38.5 Å². The Morgan fingerprint density at radius 2 is 2.14 bits per heavy atom. The van der Waals surface area contributed by atoms with Crippen molar-refractivity contribution in [3.63, 3.8) is 0 Å². The van der Waals surface area contributed by atoms with Gasteiger partial charge in [0.25, 0.3) is 0 Å². The smallest absolute Gasteiger partial charge is 0.293 e. The second-order valence-electron chi connectivity index (χ2n) is 4.21. The summed E-state index contributed by atoms with van der Waals surface area (Å²) in [6, 6.07) is 0. The molecule has 0 spiro atoms. The van der Waals surface area contributed by atoms with E-state index in [1.54, 1.807) is 7.05 Å². The molecule has 1 aromatic heterocycles. The van der Waals surface area contributed by atoms with Gasteiger partial charge < -0.3 is 0 Å².